The van der Waals surface area contributed by atoms with Crippen molar-refractivity contribution in [3.63, 3.8) is 0 Å². The zero-order valence-electron chi connectivity index (χ0n) is 18.5. The molecule has 1 saturated heterocycles. The largest absolute Gasteiger partial charge is 0.352 e. The molecule has 7 nitrogen and oxygen atoms in total. The smallest absolute Gasteiger partial charge is 0.349 e. The molecular formula is C22H14B4ClF2N3O4. The number of fused-ring (bicyclic) bond motifs is 1. The van der Waals surface area contributed by atoms with Gasteiger partial charge < -0.3 is 10.2 Å². The van der Waals surface area contributed by atoms with Crippen LogP contribution in [0.2, 0.25) is 16.7 Å². The van der Waals surface area contributed by atoms with E-state index in [0.29, 0.717) is 5.56 Å². The minimum Gasteiger partial charge on any atom is -0.352 e. The fourth-order valence-electron chi connectivity index (χ4n) is 4.12. The lowest BCUT2D eigenvalue weighted by Gasteiger charge is -2.48. The van der Waals surface area contributed by atoms with Crippen molar-refractivity contribution in [2.24, 2.45) is 0 Å². The van der Waals surface area contributed by atoms with Crippen LogP contribution in [-0.4, -0.2) is 65.4 Å². The predicted molar refractivity (Wildman–Crippen MR) is 129 cm³/mol. The van der Waals surface area contributed by atoms with E-state index in [-0.39, 0.29) is 22.7 Å². The van der Waals surface area contributed by atoms with E-state index in [1.54, 1.807) is 0 Å². The molecule has 1 fully saturated rings. The molecule has 0 saturated carbocycles. The lowest BCUT2D eigenvalue weighted by molar-refractivity contribution is -0.147. The first-order chi connectivity index (χ1) is 16.8. The van der Waals surface area contributed by atoms with Gasteiger partial charge in [-0.2, -0.15) is 8.78 Å². The zero-order valence-corrected chi connectivity index (χ0v) is 19.3. The summed E-state index contributed by atoms with van der Waals surface area (Å²) in [5.74, 6) is -12.1. The molecule has 4 amide bonds. The number of carbonyl (C=O) groups excluding carboxylic acids is 4. The van der Waals surface area contributed by atoms with Gasteiger partial charge in [-0.1, -0.05) is 41.7 Å². The highest BCUT2D eigenvalue weighted by molar-refractivity contribution is 6.43. The van der Waals surface area contributed by atoms with E-state index in [4.69, 9.17) is 43.0 Å². The van der Waals surface area contributed by atoms with Crippen molar-refractivity contribution in [2.45, 2.75) is 35.5 Å². The molecule has 36 heavy (non-hydrogen) atoms. The second-order valence-electron chi connectivity index (χ2n) is 8.54. The monoisotopic (exact) mass is 501 g/mol. The van der Waals surface area contributed by atoms with Crippen LogP contribution in [0.25, 0.3) is 0 Å². The summed E-state index contributed by atoms with van der Waals surface area (Å²) in [7, 11) is 23.9. The van der Waals surface area contributed by atoms with Gasteiger partial charge >= 0.3 is 5.92 Å². The van der Waals surface area contributed by atoms with Crippen LogP contribution in [0.1, 0.15) is 33.0 Å². The Hall–Kier alpha value is -3.07. The topological polar surface area (TPSA) is 95.6 Å². The van der Waals surface area contributed by atoms with Crippen molar-refractivity contribution < 1.29 is 28.0 Å². The molecule has 2 aromatic rings. The number of piperidine rings is 1. The van der Waals surface area contributed by atoms with E-state index < -0.39 is 58.1 Å². The summed E-state index contributed by atoms with van der Waals surface area (Å²) in [6.07, 6.45) is 0. The fraction of sp³-hybridized carbons (Fsp3) is 0.273. The number of alkyl halides is 2. The number of hydrogen-bond acceptors (Lipinski definition) is 4. The summed E-state index contributed by atoms with van der Waals surface area (Å²) >= 11 is 5.71. The number of hydrogen-bond donors (Lipinski definition) is 2. The minimum atomic E-state index is -3.89. The number of carbonyl (C=O) groups is 4. The van der Waals surface area contributed by atoms with Crippen LogP contribution >= 0.6 is 11.6 Å². The third-order valence-electron chi connectivity index (χ3n) is 6.32. The first-order valence-corrected chi connectivity index (χ1v) is 11.0. The molecular weight excluding hydrogens is 487 g/mol. The van der Waals surface area contributed by atoms with Crippen LogP contribution in [0.4, 0.5) is 8.78 Å². The number of amides is 4. The van der Waals surface area contributed by atoms with Crippen LogP contribution in [0.3, 0.4) is 0 Å². The number of halogens is 3. The molecule has 8 radical (unpaired) electrons. The minimum absolute atomic E-state index is 0.152. The molecule has 14 heteroatoms. The van der Waals surface area contributed by atoms with Crippen molar-refractivity contribution in [2.75, 3.05) is 0 Å². The zero-order chi connectivity index (χ0) is 26.6. The Kier molecular flexibility index (Phi) is 6.58. The van der Waals surface area contributed by atoms with Crippen molar-refractivity contribution >= 4 is 66.6 Å². The van der Waals surface area contributed by atoms with Crippen LogP contribution in [0.15, 0.2) is 42.5 Å². The molecule has 4 atom stereocenters. The van der Waals surface area contributed by atoms with Gasteiger partial charge in [0.2, 0.25) is 11.8 Å². The average Bonchev–Trinajstić information content (AvgIpc) is 3.17. The van der Waals surface area contributed by atoms with Crippen molar-refractivity contribution in [1.82, 2.24) is 15.5 Å². The quantitative estimate of drug-likeness (QED) is 0.469. The maximum atomic E-state index is 14.6. The summed E-state index contributed by atoms with van der Waals surface area (Å²) in [4.78, 5) is 50.7. The van der Waals surface area contributed by atoms with E-state index in [1.165, 1.54) is 30.3 Å². The molecule has 0 aromatic heterocycles. The Morgan fingerprint density at radius 2 is 1.81 bits per heavy atom. The number of rotatable bonds is 5. The molecule has 0 aliphatic carbocycles. The Morgan fingerprint density at radius 1 is 1.17 bits per heavy atom. The lowest BCUT2D eigenvalue weighted by Crippen LogP contribution is -2.67. The molecule has 2 N–H and O–H groups in total. The van der Waals surface area contributed by atoms with Crippen LogP contribution < -0.4 is 10.6 Å². The van der Waals surface area contributed by atoms with Crippen LogP contribution in [-0.2, 0) is 26.9 Å². The maximum Gasteiger partial charge on any atom is 0.349 e. The van der Waals surface area contributed by atoms with Gasteiger partial charge in [0.1, 0.15) is 15.7 Å². The molecule has 174 valence electrons. The summed E-state index contributed by atoms with van der Waals surface area (Å²) in [6.45, 7) is -0.206. The molecule has 3 unspecified atom stereocenters. The molecule has 2 aliphatic rings. The number of nitrogens with one attached hydrogen (secondary N) is 2. The highest BCUT2D eigenvalue weighted by atomic mass is 35.5. The van der Waals surface area contributed by atoms with Crippen LogP contribution in [0.5, 0.6) is 0 Å². The molecule has 2 heterocycles. The maximum absolute atomic E-state index is 14.6. The van der Waals surface area contributed by atoms with Gasteiger partial charge in [-0.3, -0.25) is 24.5 Å². The Balaban J connectivity index is 1.54. The second-order valence-corrected chi connectivity index (χ2v) is 8.97. The van der Waals surface area contributed by atoms with Crippen molar-refractivity contribution in [3.05, 3.63) is 69.7 Å². The van der Waals surface area contributed by atoms with Gasteiger partial charge in [-0.25, -0.2) is 0 Å². The van der Waals surface area contributed by atoms with Gasteiger partial charge in [0.25, 0.3) is 11.8 Å². The summed E-state index contributed by atoms with van der Waals surface area (Å²) < 4.78 is 29.2. The van der Waals surface area contributed by atoms with E-state index in [1.807, 2.05) is 5.32 Å². The summed E-state index contributed by atoms with van der Waals surface area (Å²) in [6, 6.07) is 8.65. The Bertz CT molecular complexity index is 1280. The lowest BCUT2D eigenvalue weighted by atomic mass is 9.48. The molecule has 0 spiro atoms. The van der Waals surface area contributed by atoms with Gasteiger partial charge in [-0.15, -0.1) is 0 Å². The third kappa shape index (κ3) is 4.13. The van der Waals surface area contributed by atoms with Gasteiger partial charge in [0, 0.05) is 28.6 Å². The van der Waals surface area contributed by atoms with E-state index in [2.05, 4.69) is 5.32 Å². The molecule has 4 rings (SSSR count). The van der Waals surface area contributed by atoms with E-state index in [9.17, 15) is 28.0 Å². The fourth-order valence-corrected chi connectivity index (χ4v) is 4.25. The number of nitrogens with zero attached hydrogens (tertiary/aromatic N) is 1. The van der Waals surface area contributed by atoms with Gasteiger partial charge in [-0.05, 0) is 35.1 Å². The first-order valence-electron chi connectivity index (χ1n) is 10.6. The van der Waals surface area contributed by atoms with Gasteiger partial charge in [0.05, 0.1) is 21.1 Å². The van der Waals surface area contributed by atoms with E-state index in [0.717, 1.165) is 17.0 Å². The third-order valence-corrected chi connectivity index (χ3v) is 6.57. The van der Waals surface area contributed by atoms with Gasteiger partial charge in [0.15, 0.2) is 0 Å². The molecule has 2 aliphatic heterocycles. The Morgan fingerprint density at radius 3 is 2.44 bits per heavy atom. The van der Waals surface area contributed by atoms with Crippen molar-refractivity contribution in [1.29, 1.82) is 0 Å². The van der Waals surface area contributed by atoms with Crippen molar-refractivity contribution in [3.8, 4) is 0 Å². The number of benzene rings is 2. The normalized spacial score (nSPS) is 24.8. The number of imide groups is 1. The second kappa shape index (κ2) is 9.10. The Labute approximate surface area is 215 Å². The summed E-state index contributed by atoms with van der Waals surface area (Å²) in [5, 5.41) is 4.29. The standard InChI is InChI=1S/C22H14B4ClF2N3O4/c23-14-15(24)21(26,19(35)31-17(14)33)32-8-10-7-9(1-6-13(10)18(32)34)16(25)30-20(36)22(28,29)11-2-4-12(27)5-3-11/h1-7,14-16H,8H2,(H,30,36)(H,31,33,35)/t14?,15?,16?,21-/m1/s1. The van der Waals surface area contributed by atoms with Crippen LogP contribution in [0, 0.1) is 0 Å². The highest BCUT2D eigenvalue weighted by Gasteiger charge is 2.53. The molecule has 2 aromatic carbocycles. The SMILES string of the molecule is [B]C(NC(=O)C(F)(F)c1ccc(Cl)cc1)c1ccc2c(c1)CN([C@@]1([B])C(=O)NC(=O)C([B])C1[B])C2=O. The molecule has 0 bridgehead atoms. The predicted octanol–water partition coefficient (Wildman–Crippen LogP) is 0.806. The summed E-state index contributed by atoms with van der Waals surface area (Å²) in [5.41, 5.74) is -1.99. The highest BCUT2D eigenvalue weighted by Crippen LogP contribution is 2.41. The average molecular weight is 501 g/mol. The first kappa shape index (κ1) is 26.0. The van der Waals surface area contributed by atoms with E-state index >= 15 is 0 Å².